The van der Waals surface area contributed by atoms with Crippen LogP contribution in [0, 0.1) is 0 Å². The lowest BCUT2D eigenvalue weighted by Gasteiger charge is -2.10. The summed E-state index contributed by atoms with van der Waals surface area (Å²) in [4.78, 5) is 0.966. The molecule has 0 amide bonds. The molecule has 19 heavy (non-hydrogen) atoms. The van der Waals surface area contributed by atoms with E-state index in [0.29, 0.717) is 22.9 Å². The van der Waals surface area contributed by atoms with Gasteiger partial charge in [-0.05, 0) is 44.2 Å². The van der Waals surface area contributed by atoms with Crippen molar-refractivity contribution in [2.24, 2.45) is 5.73 Å². The van der Waals surface area contributed by atoms with Crippen molar-refractivity contribution in [1.29, 1.82) is 0 Å². The Morgan fingerprint density at radius 3 is 2.84 bits per heavy atom. The first-order valence-electron chi connectivity index (χ1n) is 5.87. The van der Waals surface area contributed by atoms with Crippen LogP contribution in [0.3, 0.4) is 0 Å². The molecule has 5 nitrogen and oxygen atoms in total. The number of nitrogens with two attached hydrogens (primary N) is 1. The third kappa shape index (κ3) is 3.44. The van der Waals surface area contributed by atoms with Gasteiger partial charge >= 0.3 is 0 Å². The quantitative estimate of drug-likeness (QED) is 0.853. The highest BCUT2D eigenvalue weighted by atomic mass is 32.2. The van der Waals surface area contributed by atoms with Crippen molar-refractivity contribution in [2.75, 3.05) is 6.54 Å². The Balaban J connectivity index is 2.13. The van der Waals surface area contributed by atoms with E-state index in [4.69, 9.17) is 10.2 Å². The van der Waals surface area contributed by atoms with E-state index >= 15 is 0 Å². The second-order valence-electron chi connectivity index (χ2n) is 4.12. The fourth-order valence-corrected chi connectivity index (χ4v) is 4.27. The van der Waals surface area contributed by atoms with Crippen LogP contribution in [-0.2, 0) is 16.4 Å². The molecule has 7 heteroatoms. The molecule has 2 aromatic heterocycles. The maximum Gasteiger partial charge on any atom is 0.250 e. The van der Waals surface area contributed by atoms with Gasteiger partial charge in [0.1, 0.15) is 9.97 Å². The van der Waals surface area contributed by atoms with Gasteiger partial charge in [0.05, 0.1) is 12.3 Å². The number of furan rings is 1. The van der Waals surface area contributed by atoms with Gasteiger partial charge < -0.3 is 10.2 Å². The van der Waals surface area contributed by atoms with Crippen molar-refractivity contribution >= 4 is 21.4 Å². The second-order valence-corrected chi connectivity index (χ2v) is 7.23. The minimum Gasteiger partial charge on any atom is -0.468 e. The number of hydrogen-bond donors (Lipinski definition) is 2. The van der Waals surface area contributed by atoms with Crippen LogP contribution in [0.25, 0.3) is 0 Å². The summed E-state index contributed by atoms with van der Waals surface area (Å²) < 4.78 is 32.4. The topological polar surface area (TPSA) is 85.3 Å². The molecule has 0 aromatic carbocycles. The predicted octanol–water partition coefficient (Wildman–Crippen LogP) is 1.88. The van der Waals surface area contributed by atoms with Gasteiger partial charge in [-0.3, -0.25) is 0 Å². The Hall–Kier alpha value is -1.15. The summed E-state index contributed by atoms with van der Waals surface area (Å²) in [7, 11) is -3.52. The molecule has 0 spiro atoms. The SMILES string of the molecule is CC(NS(=O)(=O)c1ccc(CCN)s1)c1ccco1. The highest BCUT2D eigenvalue weighted by Gasteiger charge is 2.21. The zero-order valence-corrected chi connectivity index (χ0v) is 12.1. The van der Waals surface area contributed by atoms with E-state index in [1.54, 1.807) is 31.2 Å². The number of nitrogens with one attached hydrogen (secondary N) is 1. The average Bonchev–Trinajstić information content (AvgIpc) is 2.99. The highest BCUT2D eigenvalue weighted by molar-refractivity contribution is 7.91. The van der Waals surface area contributed by atoms with E-state index in [2.05, 4.69) is 4.72 Å². The minimum atomic E-state index is -3.52. The van der Waals surface area contributed by atoms with Crippen molar-refractivity contribution in [3.8, 4) is 0 Å². The monoisotopic (exact) mass is 300 g/mol. The first kappa shape index (κ1) is 14.3. The molecular weight excluding hydrogens is 284 g/mol. The molecule has 1 atom stereocenters. The van der Waals surface area contributed by atoms with Gasteiger partial charge in [-0.1, -0.05) is 0 Å². The lowest BCUT2D eigenvalue weighted by atomic mass is 10.3. The second kappa shape index (κ2) is 5.87. The molecule has 3 N–H and O–H groups in total. The fourth-order valence-electron chi connectivity index (χ4n) is 1.67. The van der Waals surface area contributed by atoms with Crippen LogP contribution in [0.2, 0.25) is 0 Å². The fraction of sp³-hybridized carbons (Fsp3) is 0.333. The van der Waals surface area contributed by atoms with Crippen LogP contribution >= 0.6 is 11.3 Å². The molecule has 2 heterocycles. The molecule has 0 aliphatic rings. The third-order valence-corrected chi connectivity index (χ3v) is 5.77. The summed E-state index contributed by atoms with van der Waals surface area (Å²) in [6.07, 6.45) is 2.21. The molecule has 2 rings (SSSR count). The third-order valence-electron chi connectivity index (χ3n) is 2.59. The lowest BCUT2D eigenvalue weighted by Crippen LogP contribution is -2.25. The Bertz CT molecular complexity index is 617. The molecule has 0 radical (unpaired) electrons. The molecule has 0 bridgehead atoms. The van der Waals surface area contributed by atoms with Gasteiger partial charge in [0.2, 0.25) is 0 Å². The van der Waals surface area contributed by atoms with Crippen LogP contribution in [0.1, 0.15) is 23.6 Å². The Labute approximate surface area is 116 Å². The maximum absolute atomic E-state index is 12.2. The molecular formula is C12H16N2O3S2. The van der Waals surface area contributed by atoms with Crippen molar-refractivity contribution < 1.29 is 12.8 Å². The summed E-state index contributed by atoms with van der Waals surface area (Å²) in [5.74, 6) is 0.585. The molecule has 0 fully saturated rings. The molecule has 2 aromatic rings. The normalized spacial score (nSPS) is 13.6. The number of rotatable bonds is 6. The van der Waals surface area contributed by atoms with E-state index in [9.17, 15) is 8.42 Å². The van der Waals surface area contributed by atoms with Crippen molar-refractivity contribution in [2.45, 2.75) is 23.6 Å². The van der Waals surface area contributed by atoms with Gasteiger partial charge in [0.15, 0.2) is 0 Å². The van der Waals surface area contributed by atoms with Gasteiger partial charge in [-0.25, -0.2) is 13.1 Å². The molecule has 0 saturated carbocycles. The summed E-state index contributed by atoms with van der Waals surface area (Å²) in [5.41, 5.74) is 5.45. The number of hydrogen-bond acceptors (Lipinski definition) is 5. The Morgan fingerprint density at radius 1 is 1.42 bits per heavy atom. The zero-order valence-electron chi connectivity index (χ0n) is 10.5. The largest absolute Gasteiger partial charge is 0.468 e. The van der Waals surface area contributed by atoms with E-state index in [0.717, 1.165) is 4.88 Å². The number of sulfonamides is 1. The molecule has 0 aliphatic carbocycles. The summed E-state index contributed by atoms with van der Waals surface area (Å²) in [5, 5.41) is 0. The van der Waals surface area contributed by atoms with Gasteiger partial charge in [-0.2, -0.15) is 0 Å². The highest BCUT2D eigenvalue weighted by Crippen LogP contribution is 2.24. The van der Waals surface area contributed by atoms with Gasteiger partial charge in [0.25, 0.3) is 10.0 Å². The minimum absolute atomic E-state index is 0.300. The number of thiophene rings is 1. The van der Waals surface area contributed by atoms with Crippen LogP contribution in [0.15, 0.2) is 39.2 Å². The van der Waals surface area contributed by atoms with E-state index in [1.807, 2.05) is 0 Å². The average molecular weight is 300 g/mol. The molecule has 0 aliphatic heterocycles. The van der Waals surface area contributed by atoms with Gasteiger partial charge in [-0.15, -0.1) is 11.3 Å². The van der Waals surface area contributed by atoms with Crippen molar-refractivity contribution in [3.05, 3.63) is 41.2 Å². The van der Waals surface area contributed by atoms with Crippen LogP contribution in [0.5, 0.6) is 0 Å². The molecule has 104 valence electrons. The van der Waals surface area contributed by atoms with Gasteiger partial charge in [0, 0.05) is 4.88 Å². The molecule has 0 saturated heterocycles. The van der Waals surface area contributed by atoms with Crippen LogP contribution in [-0.4, -0.2) is 15.0 Å². The van der Waals surface area contributed by atoms with Crippen LogP contribution < -0.4 is 10.5 Å². The van der Waals surface area contributed by atoms with Crippen molar-refractivity contribution in [1.82, 2.24) is 4.72 Å². The summed E-state index contributed by atoms with van der Waals surface area (Å²) in [6.45, 7) is 2.25. The lowest BCUT2D eigenvalue weighted by molar-refractivity contribution is 0.459. The van der Waals surface area contributed by atoms with Crippen molar-refractivity contribution in [3.63, 3.8) is 0 Å². The Kier molecular flexibility index (Phi) is 4.41. The Morgan fingerprint density at radius 2 is 2.21 bits per heavy atom. The summed E-state index contributed by atoms with van der Waals surface area (Å²) >= 11 is 1.24. The van der Waals surface area contributed by atoms with E-state index < -0.39 is 16.1 Å². The van der Waals surface area contributed by atoms with E-state index in [1.165, 1.54) is 17.6 Å². The standard InChI is InChI=1S/C12H16N2O3S2/c1-9(11-3-2-8-17-11)14-19(15,16)12-5-4-10(18-12)6-7-13/h2-5,8-9,14H,6-7,13H2,1H3. The maximum atomic E-state index is 12.2. The smallest absolute Gasteiger partial charge is 0.250 e. The summed E-state index contributed by atoms with van der Waals surface area (Å²) in [6, 6.07) is 6.46. The predicted molar refractivity (Wildman–Crippen MR) is 74.5 cm³/mol. The van der Waals surface area contributed by atoms with E-state index in [-0.39, 0.29) is 0 Å². The molecule has 1 unspecified atom stereocenters. The van der Waals surface area contributed by atoms with Crippen LogP contribution in [0.4, 0.5) is 0 Å². The first-order chi connectivity index (χ1) is 9.03. The zero-order chi connectivity index (χ0) is 13.9. The first-order valence-corrected chi connectivity index (χ1v) is 8.17.